The van der Waals surface area contributed by atoms with Crippen molar-refractivity contribution in [1.82, 2.24) is 10.2 Å². The first-order valence-electron chi connectivity index (χ1n) is 21.7. The van der Waals surface area contributed by atoms with Crippen LogP contribution in [0.3, 0.4) is 0 Å². The minimum absolute atomic E-state index is 0.00791. The molecular weight excluding hydrogens is 726 g/mol. The molecule has 0 spiro atoms. The molecule has 4 saturated heterocycles. The van der Waals surface area contributed by atoms with Crippen LogP contribution in [-0.2, 0) is 42.4 Å². The Kier molecular flexibility index (Phi) is 16.3. The third-order valence-electron chi connectivity index (χ3n) is 11.9. The molecule has 0 aliphatic carbocycles. The Bertz CT molecular complexity index is 1320. The Hall–Kier alpha value is -1.86. The van der Waals surface area contributed by atoms with Crippen LogP contribution in [0, 0.1) is 11.8 Å². The third kappa shape index (κ3) is 14.7. The van der Waals surface area contributed by atoms with Crippen molar-refractivity contribution in [2.75, 3.05) is 13.1 Å². The number of hydrogen-bond donors (Lipinski definition) is 1. The monoisotopic (exact) mass is 807 g/mol. The van der Waals surface area contributed by atoms with Gasteiger partial charge in [-0.05, 0) is 187 Å². The molecule has 328 valence electrons. The van der Waals surface area contributed by atoms with Crippen LogP contribution >= 0.6 is 0 Å². The van der Waals surface area contributed by atoms with Gasteiger partial charge in [0, 0.05) is 6.54 Å². The van der Waals surface area contributed by atoms with E-state index in [1.807, 2.05) is 90.0 Å². The molecule has 0 radical (unpaired) electrons. The van der Waals surface area contributed by atoms with Gasteiger partial charge in [-0.2, -0.15) is 0 Å². The van der Waals surface area contributed by atoms with E-state index in [4.69, 9.17) is 32.8 Å². The lowest BCUT2D eigenvalue weighted by Gasteiger charge is -2.41. The summed E-state index contributed by atoms with van der Waals surface area (Å²) >= 11 is 0. The van der Waals surface area contributed by atoms with Crippen molar-refractivity contribution in [3.8, 4) is 0 Å². The Morgan fingerprint density at radius 3 is 1.46 bits per heavy atom. The molecule has 14 heteroatoms. The van der Waals surface area contributed by atoms with Gasteiger partial charge >= 0.3 is 32.3 Å². The molecule has 4 rings (SSSR count). The van der Waals surface area contributed by atoms with Gasteiger partial charge in [-0.3, -0.25) is 9.69 Å². The minimum atomic E-state index is -0.642. The zero-order chi connectivity index (χ0) is 43.4. The molecule has 1 N–H and O–H groups in total. The lowest BCUT2D eigenvalue weighted by atomic mass is 9.78. The van der Waals surface area contributed by atoms with Crippen LogP contribution in [0.1, 0.15) is 169 Å². The highest BCUT2D eigenvalue weighted by Gasteiger charge is 2.52. The van der Waals surface area contributed by atoms with E-state index in [9.17, 15) is 14.4 Å². The zero-order valence-corrected chi connectivity index (χ0v) is 39.0. The molecule has 0 saturated carbocycles. The SMILES string of the molecule is CC(C)(C)OC(=O)C1C(CCCB2OC(C)(C)C(C)(C)O2)CCCN1C(=O)OC(C)(C)C.CC(C)(C)OC(=O)C1NCCCC1CCCB1OC(C)(C)C(C)(C)O1. The van der Waals surface area contributed by atoms with Gasteiger partial charge in [-0.15, -0.1) is 0 Å². The van der Waals surface area contributed by atoms with Crippen LogP contribution in [0.2, 0.25) is 12.6 Å². The zero-order valence-electron chi connectivity index (χ0n) is 39.0. The molecule has 4 atom stereocenters. The summed E-state index contributed by atoms with van der Waals surface area (Å²) in [6, 6.07) is -0.831. The van der Waals surface area contributed by atoms with E-state index >= 15 is 0 Å². The van der Waals surface area contributed by atoms with Crippen LogP contribution in [0.4, 0.5) is 4.79 Å². The fraction of sp³-hybridized carbons (Fsp3) is 0.930. The molecule has 0 aromatic carbocycles. The maximum Gasteiger partial charge on any atom is 0.457 e. The van der Waals surface area contributed by atoms with Gasteiger partial charge in [0.05, 0.1) is 22.4 Å². The van der Waals surface area contributed by atoms with Crippen molar-refractivity contribution in [1.29, 1.82) is 0 Å². The van der Waals surface area contributed by atoms with Crippen molar-refractivity contribution in [2.24, 2.45) is 11.8 Å². The highest BCUT2D eigenvalue weighted by atomic mass is 16.7. The average Bonchev–Trinajstić information content (AvgIpc) is 3.36. The molecule has 0 aromatic rings. The van der Waals surface area contributed by atoms with Gasteiger partial charge < -0.3 is 38.1 Å². The second-order valence-corrected chi connectivity index (χ2v) is 21.7. The quantitative estimate of drug-likeness (QED) is 0.129. The first-order valence-corrected chi connectivity index (χ1v) is 21.7. The van der Waals surface area contributed by atoms with Crippen molar-refractivity contribution >= 4 is 32.3 Å². The Balaban J connectivity index is 0.000000315. The molecule has 4 unspecified atom stereocenters. The number of nitrogens with one attached hydrogen (secondary N) is 1. The summed E-state index contributed by atoms with van der Waals surface area (Å²) in [5.74, 6) is -0.143. The van der Waals surface area contributed by atoms with Crippen LogP contribution in [-0.4, -0.2) is 102 Å². The fourth-order valence-electron chi connectivity index (χ4n) is 7.75. The van der Waals surface area contributed by atoms with Gasteiger partial charge in [-0.1, -0.05) is 12.8 Å². The molecule has 1 amide bonds. The molecule has 0 bridgehead atoms. The van der Waals surface area contributed by atoms with E-state index in [0.717, 1.165) is 70.6 Å². The summed E-state index contributed by atoms with van der Waals surface area (Å²) in [5, 5.41) is 3.36. The number of carbonyl (C=O) groups excluding carboxylic acids is 3. The number of piperidine rings is 2. The summed E-state index contributed by atoms with van der Waals surface area (Å²) < 4.78 is 41.3. The largest absolute Gasteiger partial charge is 0.459 e. The number of nitrogens with zero attached hydrogens (tertiary/aromatic N) is 1. The number of carbonyl (C=O) groups is 3. The number of amides is 1. The molecule has 4 fully saturated rings. The number of ether oxygens (including phenoxy) is 3. The first-order chi connectivity index (χ1) is 25.8. The third-order valence-corrected chi connectivity index (χ3v) is 11.9. The Labute approximate surface area is 346 Å². The van der Waals surface area contributed by atoms with Crippen LogP contribution in [0.25, 0.3) is 0 Å². The van der Waals surface area contributed by atoms with Gasteiger partial charge in [0.15, 0.2) is 0 Å². The van der Waals surface area contributed by atoms with E-state index in [1.165, 1.54) is 0 Å². The van der Waals surface area contributed by atoms with Gasteiger partial charge in [0.2, 0.25) is 0 Å². The minimum Gasteiger partial charge on any atom is -0.459 e. The number of likely N-dealkylation sites (tertiary alicyclic amines) is 1. The maximum atomic E-state index is 13.2. The van der Waals surface area contributed by atoms with E-state index in [1.54, 1.807) is 4.90 Å². The van der Waals surface area contributed by atoms with Crippen molar-refractivity contribution in [2.45, 2.75) is 233 Å². The van der Waals surface area contributed by atoms with E-state index in [2.05, 4.69) is 33.0 Å². The van der Waals surface area contributed by atoms with Gasteiger partial charge in [0.25, 0.3) is 0 Å². The molecule has 4 heterocycles. The van der Waals surface area contributed by atoms with Crippen LogP contribution < -0.4 is 5.32 Å². The smallest absolute Gasteiger partial charge is 0.457 e. The standard InChI is InChI=1S/C24H44BNO6.C19H36BNO4/c1-21(2,3)29-19(27)18-17(14-12-16-26(18)20(28)30-22(4,5)6)13-11-15-25-31-23(7,8)24(9,10)32-25;1-17(2,3)23-16(22)15-14(11-9-13-21-15)10-8-12-20-24-18(4,5)19(6,7)25-20/h17-18H,11-16H2,1-10H3;14-15,21H,8-13H2,1-7H3. The molecule has 57 heavy (non-hydrogen) atoms. The highest BCUT2D eigenvalue weighted by Crippen LogP contribution is 2.40. The van der Waals surface area contributed by atoms with Crippen LogP contribution in [0.15, 0.2) is 0 Å². The summed E-state index contributed by atoms with van der Waals surface area (Å²) in [5.41, 5.74) is -2.94. The van der Waals surface area contributed by atoms with Gasteiger partial charge in [-0.25, -0.2) is 9.59 Å². The summed E-state index contributed by atoms with van der Waals surface area (Å²) in [4.78, 5) is 40.1. The average molecular weight is 807 g/mol. The van der Waals surface area contributed by atoms with E-state index in [0.29, 0.717) is 12.5 Å². The fourth-order valence-corrected chi connectivity index (χ4v) is 7.75. The second-order valence-electron chi connectivity index (χ2n) is 21.7. The molecular formula is C43H80B2N2O10. The van der Waals surface area contributed by atoms with E-state index < -0.39 is 28.9 Å². The summed E-state index contributed by atoms with van der Waals surface area (Å²) in [6.45, 7) is 34.7. The topological polar surface area (TPSA) is 131 Å². The van der Waals surface area contributed by atoms with E-state index in [-0.39, 0.29) is 60.5 Å². The van der Waals surface area contributed by atoms with Crippen molar-refractivity contribution < 1.29 is 47.2 Å². The first kappa shape index (κ1) is 49.5. The Morgan fingerprint density at radius 1 is 0.614 bits per heavy atom. The molecule has 4 aliphatic rings. The van der Waals surface area contributed by atoms with Gasteiger partial charge in [0.1, 0.15) is 28.9 Å². The van der Waals surface area contributed by atoms with Crippen molar-refractivity contribution in [3.63, 3.8) is 0 Å². The molecule has 12 nitrogen and oxygen atoms in total. The second kappa shape index (κ2) is 18.8. The predicted octanol–water partition coefficient (Wildman–Crippen LogP) is 8.78. The molecule has 4 aliphatic heterocycles. The number of hydrogen-bond acceptors (Lipinski definition) is 11. The lowest BCUT2D eigenvalue weighted by Crippen LogP contribution is -2.55. The van der Waals surface area contributed by atoms with Crippen molar-refractivity contribution in [3.05, 3.63) is 0 Å². The van der Waals surface area contributed by atoms with Crippen LogP contribution in [0.5, 0.6) is 0 Å². The molecule has 0 aromatic heterocycles. The summed E-state index contributed by atoms with van der Waals surface area (Å²) in [7, 11) is -0.410. The maximum absolute atomic E-state index is 13.2. The number of esters is 2. The normalized spacial score (nSPS) is 27.0. The summed E-state index contributed by atoms with van der Waals surface area (Å²) in [6.07, 6.45) is 8.64. The predicted molar refractivity (Wildman–Crippen MR) is 226 cm³/mol. The highest BCUT2D eigenvalue weighted by molar-refractivity contribution is 6.45. The lowest BCUT2D eigenvalue weighted by molar-refractivity contribution is -0.165. The number of rotatable bonds is 10. The Morgan fingerprint density at radius 2 is 1.02 bits per heavy atom.